The fourth-order valence-electron chi connectivity index (χ4n) is 2.23. The maximum atomic E-state index is 11.9. The van der Waals surface area contributed by atoms with Crippen LogP contribution >= 0.6 is 0 Å². The molecule has 2 N–H and O–H groups in total. The third kappa shape index (κ3) is 5.60. The molecule has 0 unspecified atom stereocenters. The second kappa shape index (κ2) is 8.39. The fraction of sp³-hybridized carbons (Fsp3) is 0.769. The minimum atomic E-state index is -3.11. The van der Waals surface area contributed by atoms with Crippen LogP contribution in [0.25, 0.3) is 0 Å². The van der Waals surface area contributed by atoms with Gasteiger partial charge in [-0.3, -0.25) is 4.79 Å². The van der Waals surface area contributed by atoms with E-state index in [0.29, 0.717) is 38.9 Å². The average Bonchev–Trinajstić information content (AvgIpc) is 2.39. The molecule has 0 aromatic rings. The van der Waals surface area contributed by atoms with Crippen LogP contribution in [0.5, 0.6) is 0 Å². The van der Waals surface area contributed by atoms with E-state index in [1.54, 1.807) is 6.08 Å². The molecule has 1 saturated heterocycles. The molecule has 0 saturated carbocycles. The van der Waals surface area contributed by atoms with Gasteiger partial charge in [-0.05, 0) is 19.3 Å². The molecule has 1 amide bonds. The van der Waals surface area contributed by atoms with Crippen molar-refractivity contribution in [3.8, 4) is 0 Å². The molecule has 0 atom stereocenters. The van der Waals surface area contributed by atoms with Crippen molar-refractivity contribution in [1.82, 2.24) is 14.9 Å². The highest BCUT2D eigenvalue weighted by atomic mass is 32.2. The van der Waals surface area contributed by atoms with Crippen molar-refractivity contribution >= 4 is 15.9 Å². The molecule has 1 fully saturated rings. The SMILES string of the molecule is C=CCNCC(=O)NC1CCN(S(=O)(=O)CCC)CC1. The molecule has 20 heavy (non-hydrogen) atoms. The van der Waals surface area contributed by atoms with Crippen LogP contribution in [0.15, 0.2) is 12.7 Å². The van der Waals surface area contributed by atoms with E-state index in [2.05, 4.69) is 17.2 Å². The summed E-state index contributed by atoms with van der Waals surface area (Å²) in [6, 6.07) is 0.0705. The van der Waals surface area contributed by atoms with E-state index in [9.17, 15) is 13.2 Å². The molecule has 0 radical (unpaired) electrons. The van der Waals surface area contributed by atoms with Gasteiger partial charge >= 0.3 is 0 Å². The van der Waals surface area contributed by atoms with Crippen LogP contribution in [0, 0.1) is 0 Å². The predicted molar refractivity (Wildman–Crippen MR) is 79.9 cm³/mol. The maximum Gasteiger partial charge on any atom is 0.234 e. The minimum absolute atomic E-state index is 0.0540. The van der Waals surface area contributed by atoms with Gasteiger partial charge in [0, 0.05) is 25.7 Å². The van der Waals surface area contributed by atoms with Gasteiger partial charge < -0.3 is 10.6 Å². The summed E-state index contributed by atoms with van der Waals surface area (Å²) in [5, 5.41) is 5.86. The quantitative estimate of drug-likeness (QED) is 0.492. The topological polar surface area (TPSA) is 78.5 Å². The van der Waals surface area contributed by atoms with Crippen molar-refractivity contribution < 1.29 is 13.2 Å². The molecule has 1 rings (SSSR count). The summed E-state index contributed by atoms with van der Waals surface area (Å²) in [6.45, 7) is 7.27. The summed E-state index contributed by atoms with van der Waals surface area (Å²) in [5.41, 5.74) is 0. The third-order valence-electron chi connectivity index (χ3n) is 3.25. The van der Waals surface area contributed by atoms with E-state index < -0.39 is 10.0 Å². The number of sulfonamides is 1. The van der Waals surface area contributed by atoms with Gasteiger partial charge in [-0.15, -0.1) is 6.58 Å². The number of hydrogen-bond donors (Lipinski definition) is 2. The van der Waals surface area contributed by atoms with E-state index >= 15 is 0 Å². The largest absolute Gasteiger partial charge is 0.352 e. The summed E-state index contributed by atoms with van der Waals surface area (Å²) in [5.74, 6) is 0.150. The molecule has 0 aromatic heterocycles. The summed E-state index contributed by atoms with van der Waals surface area (Å²) < 4.78 is 25.4. The van der Waals surface area contributed by atoms with Crippen LogP contribution in [0.3, 0.4) is 0 Å². The number of carbonyl (C=O) groups excluding carboxylic acids is 1. The van der Waals surface area contributed by atoms with Crippen molar-refractivity contribution in [2.24, 2.45) is 0 Å². The average molecular weight is 303 g/mol. The number of nitrogens with zero attached hydrogens (tertiary/aromatic N) is 1. The Kier molecular flexibility index (Phi) is 7.18. The van der Waals surface area contributed by atoms with Crippen LogP contribution < -0.4 is 10.6 Å². The highest BCUT2D eigenvalue weighted by molar-refractivity contribution is 7.89. The van der Waals surface area contributed by atoms with Gasteiger partial charge in [-0.2, -0.15) is 0 Å². The van der Waals surface area contributed by atoms with E-state index in [-0.39, 0.29) is 24.2 Å². The van der Waals surface area contributed by atoms with Gasteiger partial charge in [0.25, 0.3) is 0 Å². The number of nitrogens with one attached hydrogen (secondary N) is 2. The van der Waals surface area contributed by atoms with Crippen LogP contribution in [0.1, 0.15) is 26.2 Å². The van der Waals surface area contributed by atoms with E-state index in [4.69, 9.17) is 0 Å². The highest BCUT2D eigenvalue weighted by Crippen LogP contribution is 2.14. The fourth-order valence-corrected chi connectivity index (χ4v) is 3.77. The minimum Gasteiger partial charge on any atom is -0.352 e. The Labute approximate surface area is 121 Å². The van der Waals surface area contributed by atoms with Crippen molar-refractivity contribution in [2.75, 3.05) is 31.9 Å². The first-order chi connectivity index (χ1) is 9.49. The van der Waals surface area contributed by atoms with E-state index in [1.165, 1.54) is 4.31 Å². The summed E-state index contributed by atoms with van der Waals surface area (Å²) in [6.07, 6.45) is 3.69. The standard InChI is InChI=1S/C13H25N3O3S/c1-3-7-14-11-13(17)15-12-5-8-16(9-6-12)20(18,19)10-4-2/h3,12,14H,1,4-11H2,2H3,(H,15,17). The Morgan fingerprint density at radius 1 is 1.40 bits per heavy atom. The zero-order valence-corrected chi connectivity index (χ0v) is 12.9. The second-order valence-corrected chi connectivity index (χ2v) is 7.06. The Hall–Kier alpha value is -0.920. The van der Waals surface area contributed by atoms with Crippen LogP contribution in [0.2, 0.25) is 0 Å². The number of piperidine rings is 1. The van der Waals surface area contributed by atoms with Crippen molar-refractivity contribution in [1.29, 1.82) is 0 Å². The first kappa shape index (κ1) is 17.1. The molecular weight excluding hydrogens is 278 g/mol. The number of amides is 1. The van der Waals surface area contributed by atoms with E-state index in [0.717, 1.165) is 0 Å². The lowest BCUT2D eigenvalue weighted by Gasteiger charge is -2.31. The van der Waals surface area contributed by atoms with Gasteiger partial charge in [0.1, 0.15) is 0 Å². The zero-order chi connectivity index (χ0) is 15.0. The molecule has 116 valence electrons. The lowest BCUT2D eigenvalue weighted by molar-refractivity contribution is -0.121. The van der Waals surface area contributed by atoms with Gasteiger partial charge in [0.05, 0.1) is 12.3 Å². The summed E-state index contributed by atoms with van der Waals surface area (Å²) in [4.78, 5) is 11.6. The number of carbonyl (C=O) groups is 1. The highest BCUT2D eigenvalue weighted by Gasteiger charge is 2.27. The Bertz CT molecular complexity index is 415. The van der Waals surface area contributed by atoms with Crippen molar-refractivity contribution in [3.63, 3.8) is 0 Å². The van der Waals surface area contributed by atoms with Gasteiger partial charge in [-0.25, -0.2) is 12.7 Å². The maximum absolute atomic E-state index is 11.9. The predicted octanol–water partition coefficient (Wildman–Crippen LogP) is 0.0824. The van der Waals surface area contributed by atoms with Gasteiger partial charge in [0.15, 0.2) is 0 Å². The molecule has 6 nitrogen and oxygen atoms in total. The lowest BCUT2D eigenvalue weighted by Crippen LogP contribution is -2.48. The zero-order valence-electron chi connectivity index (χ0n) is 12.1. The number of rotatable bonds is 8. The molecule has 0 aliphatic carbocycles. The van der Waals surface area contributed by atoms with E-state index in [1.807, 2.05) is 6.92 Å². The lowest BCUT2D eigenvalue weighted by atomic mass is 10.1. The van der Waals surface area contributed by atoms with Crippen LogP contribution in [0.4, 0.5) is 0 Å². The van der Waals surface area contributed by atoms with Crippen LogP contribution in [-0.4, -0.2) is 56.6 Å². The molecule has 1 aliphatic rings. The Balaban J connectivity index is 2.32. The van der Waals surface area contributed by atoms with Gasteiger partial charge in [-0.1, -0.05) is 13.0 Å². The monoisotopic (exact) mass is 303 g/mol. The smallest absolute Gasteiger partial charge is 0.234 e. The Morgan fingerprint density at radius 2 is 2.05 bits per heavy atom. The second-order valence-electron chi connectivity index (χ2n) is 4.98. The molecule has 1 aliphatic heterocycles. The Morgan fingerprint density at radius 3 is 2.60 bits per heavy atom. The van der Waals surface area contributed by atoms with Crippen LogP contribution in [-0.2, 0) is 14.8 Å². The molecule has 0 aromatic carbocycles. The molecule has 0 bridgehead atoms. The normalized spacial score (nSPS) is 17.9. The molecule has 7 heteroatoms. The summed E-state index contributed by atoms with van der Waals surface area (Å²) >= 11 is 0. The molecular formula is C13H25N3O3S. The number of hydrogen-bond acceptors (Lipinski definition) is 4. The van der Waals surface area contributed by atoms with Crippen molar-refractivity contribution in [2.45, 2.75) is 32.2 Å². The first-order valence-corrected chi connectivity index (χ1v) is 8.69. The third-order valence-corrected chi connectivity index (χ3v) is 5.32. The molecule has 1 heterocycles. The first-order valence-electron chi connectivity index (χ1n) is 7.08. The summed E-state index contributed by atoms with van der Waals surface area (Å²) in [7, 11) is -3.11. The van der Waals surface area contributed by atoms with Gasteiger partial charge in [0.2, 0.25) is 15.9 Å². The van der Waals surface area contributed by atoms with Crippen molar-refractivity contribution in [3.05, 3.63) is 12.7 Å². The molecule has 0 spiro atoms.